The van der Waals surface area contributed by atoms with E-state index in [1.54, 1.807) is 39.1 Å². The van der Waals surface area contributed by atoms with Crippen molar-refractivity contribution in [2.45, 2.75) is 148 Å². The van der Waals surface area contributed by atoms with Crippen LogP contribution >= 0.6 is 0 Å². The van der Waals surface area contributed by atoms with Gasteiger partial charge in [0.05, 0.1) is 37.2 Å². The number of nitrogens with two attached hydrogens (primary N) is 1. The average Bonchev–Trinajstić information content (AvgIpc) is 4.21. The maximum atomic E-state index is 14.5. The summed E-state index contributed by atoms with van der Waals surface area (Å²) in [7, 11) is 0. The quantitative estimate of drug-likeness (QED) is 0.0380. The molecule has 0 radical (unpaired) electrons. The molecule has 22 heteroatoms. The molecule has 4 aromatic rings. The van der Waals surface area contributed by atoms with E-state index in [1.165, 1.54) is 36.3 Å². The number of nitrogens with zero attached hydrogens (tertiary/aromatic N) is 4. The average molecular weight is 1000 g/mol. The molecule has 10 atom stereocenters. The predicted molar refractivity (Wildman–Crippen MR) is 265 cm³/mol. The summed E-state index contributed by atoms with van der Waals surface area (Å²) < 4.78 is 0. The lowest BCUT2D eigenvalue weighted by molar-refractivity contribution is -0.142. The molecule has 5 rings (SSSR count). The maximum Gasteiger partial charge on any atom is 0.326 e. The number of carbonyl (C=O) groups excluding carboxylic acids is 6. The molecule has 1 fully saturated rings. The number of aromatic amines is 3. The zero-order valence-corrected chi connectivity index (χ0v) is 42.0. The number of hydrogen-bond donors (Lipinski definition) is 11. The molecule has 0 bridgehead atoms. The van der Waals surface area contributed by atoms with Crippen LogP contribution in [0, 0.1) is 23.7 Å². The number of hydrogen-bond acceptors (Lipinski definition) is 12. The normalized spacial score (nSPS) is 17.4. The summed E-state index contributed by atoms with van der Waals surface area (Å²) in [6.45, 7) is 11.4. The van der Waals surface area contributed by atoms with Gasteiger partial charge in [-0.05, 0) is 49.0 Å². The highest BCUT2D eigenvalue weighted by molar-refractivity contribution is 5.95. The lowest BCUT2D eigenvalue weighted by atomic mass is 9.85. The van der Waals surface area contributed by atoms with E-state index in [4.69, 9.17) is 5.73 Å². The molecule has 1 aliphatic rings. The van der Waals surface area contributed by atoms with E-state index in [-0.39, 0.29) is 50.4 Å². The van der Waals surface area contributed by atoms with Crippen LogP contribution in [-0.2, 0) is 59.2 Å². The van der Waals surface area contributed by atoms with E-state index in [0.29, 0.717) is 42.9 Å². The van der Waals surface area contributed by atoms with Crippen molar-refractivity contribution in [3.05, 3.63) is 90.5 Å². The van der Waals surface area contributed by atoms with E-state index in [9.17, 15) is 43.8 Å². The first-order chi connectivity index (χ1) is 34.3. The highest BCUT2D eigenvalue weighted by Crippen LogP contribution is 2.24. The molecule has 3 aromatic heterocycles. The van der Waals surface area contributed by atoms with E-state index in [2.05, 4.69) is 56.5 Å². The Morgan fingerprint density at radius 1 is 0.708 bits per heavy atom. The molecule has 72 heavy (non-hydrogen) atoms. The first kappa shape index (κ1) is 56.0. The van der Waals surface area contributed by atoms with Gasteiger partial charge in [-0.1, -0.05) is 78.3 Å². The van der Waals surface area contributed by atoms with Gasteiger partial charge in [0.2, 0.25) is 35.4 Å². The Bertz CT molecular complexity index is 2350. The molecular weight excluding hydrogens is 927 g/mol. The monoisotopic (exact) mass is 1000 g/mol. The second-order valence-electron chi connectivity index (χ2n) is 19.6. The SMILES string of the molecule is CC[C@H](C)[C@H](NC(=O)C(CC(O)C(CC(C)C)NC(=O)[C@H](Cc1cnc[nH]1)NC(=O)[C@H](Cc1ccccc1)NC(=O)[C@@H]1CCCN1C(=O)[C@@H](N)Cc1cnc[nH]1)C(C)C)C(=O)N[C@@H](Cc1cnc[nH]1)C(=O)O. The van der Waals surface area contributed by atoms with Crippen LogP contribution < -0.4 is 32.3 Å². The minimum absolute atomic E-state index is 0.0477. The van der Waals surface area contributed by atoms with Crippen molar-refractivity contribution in [2.75, 3.05) is 6.54 Å². The summed E-state index contributed by atoms with van der Waals surface area (Å²) in [5, 5.41) is 36.0. The van der Waals surface area contributed by atoms with Gasteiger partial charge in [-0.2, -0.15) is 0 Å². The maximum absolute atomic E-state index is 14.5. The summed E-state index contributed by atoms with van der Waals surface area (Å²) in [5.41, 5.74) is 8.71. The molecule has 1 aliphatic heterocycles. The number of likely N-dealkylation sites (tertiary alicyclic amines) is 1. The molecule has 1 saturated heterocycles. The second-order valence-corrected chi connectivity index (χ2v) is 19.6. The number of benzene rings is 1. The molecule has 0 spiro atoms. The van der Waals surface area contributed by atoms with Gasteiger partial charge in [0.15, 0.2) is 0 Å². The number of carboxylic acid groups (broad SMARTS) is 1. The van der Waals surface area contributed by atoms with Gasteiger partial charge >= 0.3 is 5.97 Å². The van der Waals surface area contributed by atoms with Crippen molar-refractivity contribution in [1.29, 1.82) is 0 Å². The third-order valence-corrected chi connectivity index (χ3v) is 13.2. The molecular formula is C50H73N13O9. The fourth-order valence-corrected chi connectivity index (χ4v) is 8.91. The highest BCUT2D eigenvalue weighted by Gasteiger charge is 2.40. The zero-order chi connectivity index (χ0) is 52.5. The number of aliphatic carboxylic acids is 1. The third-order valence-electron chi connectivity index (χ3n) is 13.2. The highest BCUT2D eigenvalue weighted by atomic mass is 16.4. The Morgan fingerprint density at radius 2 is 1.26 bits per heavy atom. The van der Waals surface area contributed by atoms with Crippen LogP contribution in [-0.4, -0.2) is 141 Å². The molecule has 4 heterocycles. The number of amides is 6. The molecule has 12 N–H and O–H groups in total. The van der Waals surface area contributed by atoms with Crippen molar-refractivity contribution >= 4 is 41.4 Å². The molecule has 1 aromatic carbocycles. The van der Waals surface area contributed by atoms with Crippen LogP contribution in [0.1, 0.15) is 96.3 Å². The fourth-order valence-electron chi connectivity index (χ4n) is 8.91. The minimum atomic E-state index is -1.30. The largest absolute Gasteiger partial charge is 0.480 e. The smallest absolute Gasteiger partial charge is 0.326 e. The minimum Gasteiger partial charge on any atom is -0.480 e. The Morgan fingerprint density at radius 3 is 1.81 bits per heavy atom. The van der Waals surface area contributed by atoms with Crippen LogP contribution in [0.5, 0.6) is 0 Å². The zero-order valence-electron chi connectivity index (χ0n) is 42.0. The molecule has 392 valence electrons. The van der Waals surface area contributed by atoms with Crippen LogP contribution in [0.4, 0.5) is 0 Å². The van der Waals surface area contributed by atoms with E-state index in [0.717, 1.165) is 5.56 Å². The number of H-pyrrole nitrogens is 3. The van der Waals surface area contributed by atoms with Crippen LogP contribution in [0.2, 0.25) is 0 Å². The molecule has 22 nitrogen and oxygen atoms in total. The Balaban J connectivity index is 1.32. The summed E-state index contributed by atoms with van der Waals surface area (Å²) in [5.74, 6) is -6.39. The number of aliphatic hydroxyl groups is 1. The fraction of sp³-hybridized carbons (Fsp3) is 0.560. The molecule has 6 amide bonds. The lowest BCUT2D eigenvalue weighted by Crippen LogP contribution is -2.59. The molecule has 0 aliphatic carbocycles. The van der Waals surface area contributed by atoms with E-state index in [1.807, 2.05) is 39.0 Å². The summed E-state index contributed by atoms with van der Waals surface area (Å²) >= 11 is 0. The first-order valence-corrected chi connectivity index (χ1v) is 24.8. The second kappa shape index (κ2) is 27.0. The topological polar surface area (TPSA) is 335 Å². The number of rotatable bonds is 28. The summed E-state index contributed by atoms with van der Waals surface area (Å²) in [6.07, 6.45) is 9.27. The van der Waals surface area contributed by atoms with Crippen molar-refractivity contribution in [3.8, 4) is 0 Å². The molecule has 3 unspecified atom stereocenters. The van der Waals surface area contributed by atoms with Crippen LogP contribution in [0.15, 0.2) is 67.9 Å². The standard InChI is InChI=1S/C50H73N13O9/c1-7-30(6)43(48(69)61-40(50(71)72)20-34-24-54-27-57-34)62-44(65)35(29(4)5)21-42(64)37(16-28(2)3)58-46(67)39(19-33-23-53-26-56-33)59-45(66)38(17-31-12-9-8-10-13-31)60-47(68)41-14-11-15-63(41)49(70)36(51)18-32-22-52-25-55-32/h8-10,12-13,22-30,35-43,64H,7,11,14-21,51H2,1-6H3,(H,52,55)(H,53,56)(H,54,57)(H,58,67)(H,59,66)(H,60,68)(H,61,69)(H,62,65)(H,71,72)/t30-,35?,36-,37?,38-,39-,40-,41-,42?,43-/m0/s1. The number of imidazole rings is 3. The summed E-state index contributed by atoms with van der Waals surface area (Å²) in [6, 6.07) is 1.45. The number of carbonyl (C=O) groups is 7. The van der Waals surface area contributed by atoms with Crippen molar-refractivity contribution in [2.24, 2.45) is 29.4 Å². The molecule has 0 saturated carbocycles. The van der Waals surface area contributed by atoms with Crippen molar-refractivity contribution in [3.63, 3.8) is 0 Å². The number of aliphatic hydroxyl groups excluding tert-OH is 1. The Hall–Kier alpha value is -6.94. The van der Waals surface area contributed by atoms with Gasteiger partial charge in [0.1, 0.15) is 30.2 Å². The number of nitrogens with one attached hydrogen (secondary N) is 8. The first-order valence-electron chi connectivity index (χ1n) is 24.8. The lowest BCUT2D eigenvalue weighted by Gasteiger charge is -2.33. The Kier molecular flexibility index (Phi) is 21.0. The van der Waals surface area contributed by atoms with E-state index >= 15 is 0 Å². The number of carboxylic acids is 1. The van der Waals surface area contributed by atoms with Crippen molar-refractivity contribution in [1.82, 2.24) is 61.4 Å². The van der Waals surface area contributed by atoms with Gasteiger partial charge in [-0.3, -0.25) is 28.8 Å². The number of aromatic nitrogens is 6. The van der Waals surface area contributed by atoms with Gasteiger partial charge in [-0.15, -0.1) is 0 Å². The van der Waals surface area contributed by atoms with Gasteiger partial charge in [0.25, 0.3) is 0 Å². The van der Waals surface area contributed by atoms with Crippen LogP contribution in [0.25, 0.3) is 0 Å². The van der Waals surface area contributed by atoms with Crippen molar-refractivity contribution < 1.29 is 43.8 Å². The predicted octanol–water partition coefficient (Wildman–Crippen LogP) is 1.07. The van der Waals surface area contributed by atoms with Crippen LogP contribution in [0.3, 0.4) is 0 Å². The third kappa shape index (κ3) is 16.3. The van der Waals surface area contributed by atoms with Gasteiger partial charge < -0.3 is 62.4 Å². The Labute approximate surface area is 419 Å². The van der Waals surface area contributed by atoms with Gasteiger partial charge in [-0.25, -0.2) is 19.7 Å². The summed E-state index contributed by atoms with van der Waals surface area (Å²) in [4.78, 5) is 119. The van der Waals surface area contributed by atoms with E-state index < -0.39 is 102 Å². The van der Waals surface area contributed by atoms with Gasteiger partial charge in [0, 0.05) is 73.8 Å².